The second kappa shape index (κ2) is 3.29. The van der Waals surface area contributed by atoms with Crippen LogP contribution < -0.4 is 0 Å². The van der Waals surface area contributed by atoms with E-state index >= 15 is 0 Å². The average Bonchev–Trinajstić information content (AvgIpc) is 2.97. The third kappa shape index (κ3) is 1.70. The van der Waals surface area contributed by atoms with Gasteiger partial charge in [0.25, 0.3) is 10.1 Å². The van der Waals surface area contributed by atoms with Gasteiger partial charge in [0.2, 0.25) is 0 Å². The number of aliphatic carboxylic acids is 1. The predicted octanol–water partition coefficient (Wildman–Crippen LogP) is 1.05. The van der Waals surface area contributed by atoms with Gasteiger partial charge in [0.15, 0.2) is 0 Å². The van der Waals surface area contributed by atoms with Crippen LogP contribution in [-0.2, 0) is 20.3 Å². The normalized spacial score (nSPS) is 18.1. The highest BCUT2D eigenvalue weighted by Crippen LogP contribution is 2.48. The van der Waals surface area contributed by atoms with Gasteiger partial charge in [-0.15, -0.1) is 0 Å². The SMILES string of the molecule is O=C(O)C1(c2ccc(S(=O)(=O)O)cc2)CC1. The minimum atomic E-state index is -4.21. The maximum absolute atomic E-state index is 11.0. The van der Waals surface area contributed by atoms with Crippen molar-refractivity contribution in [2.24, 2.45) is 0 Å². The highest BCUT2D eigenvalue weighted by molar-refractivity contribution is 7.85. The fraction of sp³-hybridized carbons (Fsp3) is 0.300. The monoisotopic (exact) mass is 242 g/mol. The third-order valence-corrected chi connectivity index (χ3v) is 3.73. The first-order valence-corrected chi connectivity index (χ1v) is 6.12. The first-order valence-electron chi connectivity index (χ1n) is 4.68. The Morgan fingerprint density at radius 1 is 1.19 bits per heavy atom. The predicted molar refractivity (Wildman–Crippen MR) is 54.8 cm³/mol. The molecule has 0 radical (unpaired) electrons. The van der Waals surface area contributed by atoms with Crippen molar-refractivity contribution in [2.75, 3.05) is 0 Å². The molecule has 1 fully saturated rings. The van der Waals surface area contributed by atoms with Crippen molar-refractivity contribution < 1.29 is 22.9 Å². The van der Waals surface area contributed by atoms with Gasteiger partial charge in [-0.25, -0.2) is 0 Å². The molecule has 0 atom stereocenters. The van der Waals surface area contributed by atoms with Crippen LogP contribution in [0.2, 0.25) is 0 Å². The van der Waals surface area contributed by atoms with Gasteiger partial charge in [0.1, 0.15) is 0 Å². The summed E-state index contributed by atoms with van der Waals surface area (Å²) < 4.78 is 30.3. The van der Waals surface area contributed by atoms with Gasteiger partial charge >= 0.3 is 5.97 Å². The summed E-state index contributed by atoms with van der Waals surface area (Å²) in [7, 11) is -4.21. The van der Waals surface area contributed by atoms with E-state index in [0.29, 0.717) is 18.4 Å². The first kappa shape index (κ1) is 11.1. The topological polar surface area (TPSA) is 91.7 Å². The third-order valence-electron chi connectivity index (χ3n) is 2.86. The maximum Gasteiger partial charge on any atom is 0.314 e. The van der Waals surface area contributed by atoms with Crippen LogP contribution >= 0.6 is 0 Å². The Kier molecular flexibility index (Phi) is 2.28. The molecule has 5 nitrogen and oxygen atoms in total. The average molecular weight is 242 g/mol. The molecule has 0 heterocycles. The minimum Gasteiger partial charge on any atom is -0.481 e. The molecule has 16 heavy (non-hydrogen) atoms. The summed E-state index contributed by atoms with van der Waals surface area (Å²) in [6.07, 6.45) is 1.13. The molecule has 0 aromatic heterocycles. The zero-order valence-corrected chi connectivity index (χ0v) is 9.07. The van der Waals surface area contributed by atoms with Gasteiger partial charge in [-0.2, -0.15) is 8.42 Å². The molecule has 0 bridgehead atoms. The molecule has 0 spiro atoms. The molecular weight excluding hydrogens is 232 g/mol. The lowest BCUT2D eigenvalue weighted by molar-refractivity contribution is -0.140. The molecule has 0 unspecified atom stereocenters. The highest BCUT2D eigenvalue weighted by atomic mass is 32.2. The van der Waals surface area contributed by atoms with Crippen LogP contribution in [0.15, 0.2) is 29.2 Å². The van der Waals surface area contributed by atoms with Crippen LogP contribution in [-0.4, -0.2) is 24.0 Å². The van der Waals surface area contributed by atoms with E-state index in [4.69, 9.17) is 9.66 Å². The summed E-state index contributed by atoms with van der Waals surface area (Å²) >= 11 is 0. The zero-order chi connectivity index (χ0) is 12.0. The quantitative estimate of drug-likeness (QED) is 0.773. The van der Waals surface area contributed by atoms with Crippen molar-refractivity contribution in [2.45, 2.75) is 23.2 Å². The summed E-state index contributed by atoms with van der Waals surface area (Å²) in [6, 6.07) is 5.30. The van der Waals surface area contributed by atoms with Gasteiger partial charge in [-0.05, 0) is 30.5 Å². The minimum absolute atomic E-state index is 0.225. The van der Waals surface area contributed by atoms with Crippen molar-refractivity contribution in [1.82, 2.24) is 0 Å². The lowest BCUT2D eigenvalue weighted by Gasteiger charge is -2.09. The fourth-order valence-corrected chi connectivity index (χ4v) is 2.18. The smallest absolute Gasteiger partial charge is 0.314 e. The van der Waals surface area contributed by atoms with Gasteiger partial charge in [-0.1, -0.05) is 12.1 Å². The number of hydrogen-bond donors (Lipinski definition) is 2. The van der Waals surface area contributed by atoms with Crippen molar-refractivity contribution in [3.8, 4) is 0 Å². The number of benzene rings is 1. The van der Waals surface area contributed by atoms with Gasteiger partial charge in [-0.3, -0.25) is 9.35 Å². The summed E-state index contributed by atoms with van der Waals surface area (Å²) in [5.41, 5.74) is -0.273. The van der Waals surface area contributed by atoms with Crippen LogP contribution in [0.3, 0.4) is 0 Å². The molecule has 1 saturated carbocycles. The second-order valence-electron chi connectivity index (χ2n) is 3.89. The number of carboxylic acid groups (broad SMARTS) is 1. The lowest BCUT2D eigenvalue weighted by atomic mass is 9.96. The Morgan fingerprint density at radius 2 is 1.69 bits per heavy atom. The molecule has 1 aromatic carbocycles. The summed E-state index contributed by atoms with van der Waals surface area (Å²) in [5.74, 6) is -0.896. The molecule has 6 heteroatoms. The van der Waals surface area contributed by atoms with E-state index in [1.54, 1.807) is 0 Å². The van der Waals surface area contributed by atoms with Crippen molar-refractivity contribution in [3.63, 3.8) is 0 Å². The van der Waals surface area contributed by atoms with E-state index in [0.717, 1.165) is 0 Å². The van der Waals surface area contributed by atoms with Gasteiger partial charge < -0.3 is 5.11 Å². The number of carboxylic acids is 1. The van der Waals surface area contributed by atoms with Crippen molar-refractivity contribution in [1.29, 1.82) is 0 Å². The van der Waals surface area contributed by atoms with E-state index in [1.165, 1.54) is 24.3 Å². The first-order chi connectivity index (χ1) is 7.36. The Bertz CT molecular complexity index is 525. The van der Waals surface area contributed by atoms with Crippen LogP contribution in [0, 0.1) is 0 Å². The Hall–Kier alpha value is -1.40. The summed E-state index contributed by atoms with van der Waals surface area (Å²) in [5, 5.41) is 9.02. The summed E-state index contributed by atoms with van der Waals surface area (Å²) in [4.78, 5) is 10.8. The van der Waals surface area contributed by atoms with Gasteiger partial charge in [0.05, 0.1) is 10.3 Å². The molecule has 1 aliphatic rings. The Labute approximate surface area is 92.5 Å². The largest absolute Gasteiger partial charge is 0.481 e. The molecule has 0 aliphatic heterocycles. The maximum atomic E-state index is 11.0. The van der Waals surface area contributed by atoms with E-state index in [2.05, 4.69) is 0 Å². The van der Waals surface area contributed by atoms with Crippen LogP contribution in [0.1, 0.15) is 18.4 Å². The molecule has 1 aliphatic carbocycles. The molecule has 1 aromatic rings. The molecule has 0 amide bonds. The zero-order valence-electron chi connectivity index (χ0n) is 8.25. The molecule has 2 rings (SSSR count). The number of carbonyl (C=O) groups is 1. The van der Waals surface area contributed by atoms with E-state index in [9.17, 15) is 13.2 Å². The standard InChI is InChI=1S/C10H10O5S/c11-9(12)10(5-6-10)7-1-3-8(4-2-7)16(13,14)15/h1-4H,5-6H2,(H,11,12)(H,13,14,15). The van der Waals surface area contributed by atoms with Crippen molar-refractivity contribution >= 4 is 16.1 Å². The summed E-state index contributed by atoms with van der Waals surface area (Å²) in [6.45, 7) is 0. The molecule has 86 valence electrons. The second-order valence-corrected chi connectivity index (χ2v) is 5.31. The molecular formula is C10H10O5S. The fourth-order valence-electron chi connectivity index (χ4n) is 1.70. The number of hydrogen-bond acceptors (Lipinski definition) is 3. The van der Waals surface area contributed by atoms with Crippen molar-refractivity contribution in [3.05, 3.63) is 29.8 Å². The van der Waals surface area contributed by atoms with E-state index in [1.807, 2.05) is 0 Å². The number of rotatable bonds is 3. The van der Waals surface area contributed by atoms with Crippen LogP contribution in [0.4, 0.5) is 0 Å². The lowest BCUT2D eigenvalue weighted by Crippen LogP contribution is -2.19. The van der Waals surface area contributed by atoms with Crippen LogP contribution in [0.5, 0.6) is 0 Å². The van der Waals surface area contributed by atoms with Gasteiger partial charge in [0, 0.05) is 0 Å². The Morgan fingerprint density at radius 3 is 2.00 bits per heavy atom. The van der Waals surface area contributed by atoms with Crippen LogP contribution in [0.25, 0.3) is 0 Å². The highest BCUT2D eigenvalue weighted by Gasteiger charge is 2.51. The van der Waals surface area contributed by atoms with E-state index < -0.39 is 21.5 Å². The molecule has 0 saturated heterocycles. The molecule has 2 N–H and O–H groups in total. The van der Waals surface area contributed by atoms with E-state index in [-0.39, 0.29) is 4.90 Å². The Balaban J connectivity index is 2.38.